The summed E-state index contributed by atoms with van der Waals surface area (Å²) in [5.74, 6) is -0.321. The summed E-state index contributed by atoms with van der Waals surface area (Å²) in [6, 6.07) is 13.1. The van der Waals surface area contributed by atoms with Crippen molar-refractivity contribution in [2.24, 2.45) is 10.9 Å². The summed E-state index contributed by atoms with van der Waals surface area (Å²) in [6.07, 6.45) is -0.00286. The monoisotopic (exact) mass is 358 g/mol. The van der Waals surface area contributed by atoms with Gasteiger partial charge in [0.1, 0.15) is 11.6 Å². The smallest absolute Gasteiger partial charge is 0.338 e. The molecular formula is C20H23FN2O3. The summed E-state index contributed by atoms with van der Waals surface area (Å²) < 4.78 is 18.1. The maximum atomic E-state index is 12.8. The van der Waals surface area contributed by atoms with Gasteiger partial charge in [-0.3, -0.25) is 0 Å². The van der Waals surface area contributed by atoms with Crippen molar-refractivity contribution in [3.63, 3.8) is 0 Å². The van der Waals surface area contributed by atoms with Crippen molar-refractivity contribution in [3.05, 3.63) is 65.5 Å². The molecule has 2 aromatic carbocycles. The van der Waals surface area contributed by atoms with Crippen molar-refractivity contribution in [1.82, 2.24) is 0 Å². The van der Waals surface area contributed by atoms with Gasteiger partial charge >= 0.3 is 5.97 Å². The first kappa shape index (κ1) is 19.4. The van der Waals surface area contributed by atoms with Crippen LogP contribution in [-0.4, -0.2) is 18.4 Å². The number of carbonyl (C=O) groups is 1. The van der Waals surface area contributed by atoms with Crippen molar-refractivity contribution in [3.8, 4) is 5.75 Å². The van der Waals surface area contributed by atoms with Crippen molar-refractivity contribution in [2.75, 3.05) is 6.61 Å². The van der Waals surface area contributed by atoms with Crippen LogP contribution in [0.3, 0.4) is 0 Å². The molecule has 138 valence electrons. The number of oxime groups is 1. The predicted octanol–water partition coefficient (Wildman–Crippen LogP) is 3.76. The van der Waals surface area contributed by atoms with Crippen LogP contribution in [0.1, 0.15) is 38.3 Å². The summed E-state index contributed by atoms with van der Waals surface area (Å²) >= 11 is 0. The van der Waals surface area contributed by atoms with Gasteiger partial charge in [0.05, 0.1) is 13.0 Å². The van der Waals surface area contributed by atoms with E-state index in [0.29, 0.717) is 11.3 Å². The van der Waals surface area contributed by atoms with E-state index < -0.39 is 5.97 Å². The largest absolute Gasteiger partial charge is 0.493 e. The van der Waals surface area contributed by atoms with Crippen molar-refractivity contribution < 1.29 is 18.8 Å². The molecular weight excluding hydrogens is 335 g/mol. The lowest BCUT2D eigenvalue weighted by Crippen LogP contribution is -2.17. The predicted molar refractivity (Wildman–Crippen MR) is 98.5 cm³/mol. The SMILES string of the molecule is CC(C)(C)c1ccc(C(N)=NOC(=O)CCOc2ccc(F)cc2)cc1. The van der Waals surface area contributed by atoms with Crippen LogP contribution in [0.2, 0.25) is 0 Å². The fraction of sp³-hybridized carbons (Fsp3) is 0.300. The Bertz CT molecular complexity index is 763. The fourth-order valence-corrected chi connectivity index (χ4v) is 2.12. The van der Waals surface area contributed by atoms with E-state index in [0.717, 1.165) is 0 Å². The zero-order chi connectivity index (χ0) is 19.2. The van der Waals surface area contributed by atoms with E-state index in [2.05, 4.69) is 25.9 Å². The van der Waals surface area contributed by atoms with Crippen LogP contribution in [0, 0.1) is 5.82 Å². The number of rotatable bonds is 6. The average Bonchev–Trinajstić information content (AvgIpc) is 2.61. The lowest BCUT2D eigenvalue weighted by atomic mass is 9.87. The van der Waals surface area contributed by atoms with Crippen LogP contribution in [-0.2, 0) is 15.0 Å². The lowest BCUT2D eigenvalue weighted by Gasteiger charge is -2.18. The van der Waals surface area contributed by atoms with Gasteiger partial charge in [0.25, 0.3) is 0 Å². The second-order valence-corrected chi connectivity index (χ2v) is 6.82. The summed E-state index contributed by atoms with van der Waals surface area (Å²) in [5, 5.41) is 3.66. The Morgan fingerprint density at radius 2 is 1.69 bits per heavy atom. The number of nitrogens with zero attached hydrogens (tertiary/aromatic N) is 1. The molecule has 0 atom stereocenters. The Morgan fingerprint density at radius 3 is 2.27 bits per heavy atom. The number of amidine groups is 1. The van der Waals surface area contributed by atoms with Crippen molar-refractivity contribution in [2.45, 2.75) is 32.6 Å². The highest BCUT2D eigenvalue weighted by Crippen LogP contribution is 2.22. The van der Waals surface area contributed by atoms with Gasteiger partial charge < -0.3 is 15.3 Å². The molecule has 2 N–H and O–H groups in total. The molecule has 2 rings (SSSR count). The Morgan fingerprint density at radius 1 is 1.08 bits per heavy atom. The lowest BCUT2D eigenvalue weighted by molar-refractivity contribution is -0.144. The molecule has 0 saturated heterocycles. The van der Waals surface area contributed by atoms with Gasteiger partial charge in [0, 0.05) is 5.56 Å². The molecule has 5 nitrogen and oxygen atoms in total. The first-order valence-corrected chi connectivity index (χ1v) is 8.28. The molecule has 0 amide bonds. The highest BCUT2D eigenvalue weighted by atomic mass is 19.1. The van der Waals surface area contributed by atoms with Gasteiger partial charge in [-0.2, -0.15) is 0 Å². The number of nitrogens with two attached hydrogens (primary N) is 1. The summed E-state index contributed by atoms with van der Waals surface area (Å²) in [5.41, 5.74) is 7.73. The molecule has 26 heavy (non-hydrogen) atoms. The molecule has 0 heterocycles. The maximum Gasteiger partial charge on any atom is 0.338 e. The molecule has 0 radical (unpaired) electrons. The normalized spacial score (nSPS) is 11.9. The first-order chi connectivity index (χ1) is 12.3. The number of halogens is 1. The average molecular weight is 358 g/mol. The maximum absolute atomic E-state index is 12.8. The zero-order valence-corrected chi connectivity index (χ0v) is 15.2. The van der Waals surface area contributed by atoms with E-state index >= 15 is 0 Å². The quantitative estimate of drug-likeness (QED) is 0.369. The molecule has 0 spiro atoms. The molecule has 0 aliphatic rings. The van der Waals surface area contributed by atoms with Gasteiger partial charge in [0.15, 0.2) is 5.84 Å². The second kappa shape index (κ2) is 8.47. The topological polar surface area (TPSA) is 73.9 Å². The second-order valence-electron chi connectivity index (χ2n) is 6.82. The highest BCUT2D eigenvalue weighted by Gasteiger charge is 2.13. The van der Waals surface area contributed by atoms with Gasteiger partial charge in [-0.25, -0.2) is 9.18 Å². The van der Waals surface area contributed by atoms with E-state index in [1.54, 1.807) is 0 Å². The molecule has 0 aliphatic heterocycles. The fourth-order valence-electron chi connectivity index (χ4n) is 2.12. The number of carbonyl (C=O) groups excluding carboxylic acids is 1. The van der Waals surface area contributed by atoms with Gasteiger partial charge in [-0.05, 0) is 35.2 Å². The molecule has 0 unspecified atom stereocenters. The van der Waals surface area contributed by atoms with E-state index in [1.807, 2.05) is 24.3 Å². The van der Waals surface area contributed by atoms with E-state index in [-0.39, 0.29) is 30.1 Å². The molecule has 0 saturated carbocycles. The van der Waals surface area contributed by atoms with Crippen molar-refractivity contribution >= 4 is 11.8 Å². The molecule has 0 aliphatic carbocycles. The number of hydrogen-bond acceptors (Lipinski definition) is 4. The van der Waals surface area contributed by atoms with E-state index in [9.17, 15) is 9.18 Å². The Labute approximate surface area is 152 Å². The third kappa shape index (κ3) is 5.88. The zero-order valence-electron chi connectivity index (χ0n) is 15.2. The Hall–Kier alpha value is -2.89. The molecule has 0 fully saturated rings. The summed E-state index contributed by atoms with van der Waals surface area (Å²) in [4.78, 5) is 16.5. The standard InChI is InChI=1S/C20H23FN2O3/c1-20(2,3)15-6-4-14(5-7-15)19(22)23-26-18(24)12-13-25-17-10-8-16(21)9-11-17/h4-11H,12-13H2,1-3H3,(H2,22,23). The van der Waals surface area contributed by atoms with E-state index in [4.69, 9.17) is 15.3 Å². The highest BCUT2D eigenvalue weighted by molar-refractivity contribution is 5.97. The number of benzene rings is 2. The number of hydrogen-bond donors (Lipinski definition) is 1. The number of ether oxygens (including phenoxy) is 1. The minimum Gasteiger partial charge on any atom is -0.493 e. The molecule has 6 heteroatoms. The Kier molecular flexibility index (Phi) is 6.33. The summed E-state index contributed by atoms with van der Waals surface area (Å²) in [6.45, 7) is 6.46. The van der Waals surface area contributed by atoms with Crippen LogP contribution >= 0.6 is 0 Å². The third-order valence-corrected chi connectivity index (χ3v) is 3.68. The van der Waals surface area contributed by atoms with Crippen LogP contribution in [0.25, 0.3) is 0 Å². The molecule has 0 bridgehead atoms. The Balaban J connectivity index is 1.82. The van der Waals surface area contributed by atoms with Crippen molar-refractivity contribution in [1.29, 1.82) is 0 Å². The van der Waals surface area contributed by atoms with Crippen LogP contribution in [0.5, 0.6) is 5.75 Å². The van der Waals surface area contributed by atoms with Crippen LogP contribution < -0.4 is 10.5 Å². The summed E-state index contributed by atoms with van der Waals surface area (Å²) in [7, 11) is 0. The molecule has 0 aromatic heterocycles. The van der Waals surface area contributed by atoms with Crippen LogP contribution in [0.15, 0.2) is 53.7 Å². The van der Waals surface area contributed by atoms with Gasteiger partial charge in [0.2, 0.25) is 0 Å². The third-order valence-electron chi connectivity index (χ3n) is 3.68. The minimum atomic E-state index is -0.568. The first-order valence-electron chi connectivity index (χ1n) is 8.28. The van der Waals surface area contributed by atoms with E-state index in [1.165, 1.54) is 29.8 Å². The minimum absolute atomic E-state index is 0.00286. The van der Waals surface area contributed by atoms with Gasteiger partial charge in [-0.15, -0.1) is 0 Å². The molecule has 2 aromatic rings. The van der Waals surface area contributed by atoms with Crippen LogP contribution in [0.4, 0.5) is 4.39 Å². The van der Waals surface area contributed by atoms with Gasteiger partial charge in [-0.1, -0.05) is 50.2 Å².